The largest absolute Gasteiger partial charge is 0.485 e. The van der Waals surface area contributed by atoms with Crippen molar-refractivity contribution < 1.29 is 4.74 Å². The van der Waals surface area contributed by atoms with Crippen molar-refractivity contribution in [1.82, 2.24) is 20.3 Å². The van der Waals surface area contributed by atoms with Gasteiger partial charge in [0.15, 0.2) is 0 Å². The molecule has 2 aliphatic carbocycles. The monoisotopic (exact) mass is 808 g/mol. The fourth-order valence-electron chi connectivity index (χ4n) is 10.9. The summed E-state index contributed by atoms with van der Waals surface area (Å²) >= 11 is 0. The highest BCUT2D eigenvalue weighted by molar-refractivity contribution is 5.95. The van der Waals surface area contributed by atoms with Crippen molar-refractivity contribution in [3.8, 4) is 39.3 Å². The Kier molecular flexibility index (Phi) is 7.94. The Morgan fingerprint density at radius 1 is 0.587 bits per heavy atom. The first-order valence-electron chi connectivity index (χ1n) is 21.7. The van der Waals surface area contributed by atoms with Gasteiger partial charge in [-0.1, -0.05) is 152 Å². The first-order chi connectivity index (χ1) is 31.2. The Balaban J connectivity index is 0.901. The van der Waals surface area contributed by atoms with E-state index in [0.29, 0.717) is 0 Å². The molecule has 0 saturated heterocycles. The third-order valence-electron chi connectivity index (χ3n) is 13.7. The molecular weight excluding hydrogens is 769 g/mol. The molecule has 5 nitrogen and oxygen atoms in total. The minimum Gasteiger partial charge on any atom is -0.485 e. The van der Waals surface area contributed by atoms with E-state index in [1.54, 1.807) is 0 Å². The summed E-state index contributed by atoms with van der Waals surface area (Å²) in [6, 6.07) is 63.2. The van der Waals surface area contributed by atoms with Crippen LogP contribution in [0, 0.1) is 5.92 Å². The Labute approximate surface area is 365 Å². The normalized spacial score (nSPS) is 18.5. The molecule has 1 spiro atoms. The summed E-state index contributed by atoms with van der Waals surface area (Å²) in [7, 11) is 0. The fraction of sp³-hybridized carbons (Fsp3) is 0.0690. The van der Waals surface area contributed by atoms with Crippen LogP contribution in [-0.4, -0.2) is 15.0 Å². The smallest absolute Gasteiger partial charge is 0.134 e. The van der Waals surface area contributed by atoms with Gasteiger partial charge in [0, 0.05) is 46.1 Å². The highest BCUT2D eigenvalue weighted by atomic mass is 16.5. The minimum atomic E-state index is -0.442. The Morgan fingerprint density at radius 3 is 1.98 bits per heavy atom. The molecule has 4 aliphatic rings. The van der Waals surface area contributed by atoms with Crippen LogP contribution >= 0.6 is 0 Å². The lowest BCUT2D eigenvalue weighted by atomic mass is 9.58. The van der Waals surface area contributed by atoms with Crippen LogP contribution in [0.15, 0.2) is 207 Å². The van der Waals surface area contributed by atoms with Crippen molar-refractivity contribution >= 4 is 28.2 Å². The van der Waals surface area contributed by atoms with Gasteiger partial charge in [0.05, 0.1) is 34.1 Å². The molecule has 3 atom stereocenters. The second-order valence-electron chi connectivity index (χ2n) is 16.9. The number of para-hydroxylation sites is 2. The van der Waals surface area contributed by atoms with Gasteiger partial charge in [0.2, 0.25) is 0 Å². The predicted octanol–water partition coefficient (Wildman–Crippen LogP) is 13.2. The van der Waals surface area contributed by atoms with E-state index in [1.165, 1.54) is 33.4 Å². The van der Waals surface area contributed by atoms with Crippen LogP contribution < -0.4 is 10.1 Å². The predicted molar refractivity (Wildman–Crippen MR) is 254 cm³/mol. The molecule has 63 heavy (non-hydrogen) atoms. The molecule has 6 aromatic carbocycles. The number of hydrogen-bond acceptors (Lipinski definition) is 4. The number of allylic oxidation sites excluding steroid dienone is 2. The molecule has 0 radical (unpaired) electrons. The zero-order chi connectivity index (χ0) is 41.5. The van der Waals surface area contributed by atoms with Gasteiger partial charge in [-0.3, -0.25) is 4.98 Å². The van der Waals surface area contributed by atoms with Crippen molar-refractivity contribution in [1.29, 1.82) is 0 Å². The lowest BCUT2D eigenvalue weighted by molar-refractivity contribution is 0.103. The number of pyridine rings is 2. The lowest BCUT2D eigenvalue weighted by Crippen LogP contribution is -2.45. The van der Waals surface area contributed by atoms with Crippen molar-refractivity contribution in [2.45, 2.75) is 17.6 Å². The number of dihydropyridines is 1. The van der Waals surface area contributed by atoms with E-state index in [2.05, 4.69) is 191 Å². The zero-order valence-electron chi connectivity index (χ0n) is 34.2. The molecule has 5 heteroatoms. The molecule has 3 aromatic heterocycles. The second-order valence-corrected chi connectivity index (χ2v) is 16.9. The summed E-state index contributed by atoms with van der Waals surface area (Å²) < 4.78 is 7.29. The standard InChI is InChI=1S/C58H40N4O/c1-4-15-45-41(12-1)42-13-2-5-16-46(42)58(45)47-17-6-8-21-54(47)63-57-48(58)31-30-44-43-14-3-7-18-49(43)62-56(55(44)57)39-28-26-37(27-29-39)36-22-24-38(25-23-36)40-34-52(50-19-9-10-32-59-50)61-53(35-40)51-20-11-33-60-51/h1-35,48,53,57,60-61H. The van der Waals surface area contributed by atoms with Crippen LogP contribution in [0.4, 0.5) is 0 Å². The van der Waals surface area contributed by atoms with Crippen molar-refractivity contribution in [3.05, 3.63) is 251 Å². The number of rotatable bonds is 5. The summed E-state index contributed by atoms with van der Waals surface area (Å²) in [5.41, 5.74) is 18.9. The van der Waals surface area contributed by atoms with E-state index in [1.807, 2.05) is 36.7 Å². The molecule has 5 heterocycles. The first-order valence-corrected chi connectivity index (χ1v) is 21.7. The van der Waals surface area contributed by atoms with Crippen LogP contribution in [0.2, 0.25) is 0 Å². The highest BCUT2D eigenvalue weighted by Crippen LogP contribution is 2.65. The number of nitrogens with zero attached hydrogens (tertiary/aromatic N) is 2. The number of benzene rings is 6. The molecule has 3 unspecified atom stereocenters. The second kappa shape index (κ2) is 14.0. The van der Waals surface area contributed by atoms with Gasteiger partial charge in [-0.15, -0.1) is 0 Å². The average molecular weight is 809 g/mol. The maximum Gasteiger partial charge on any atom is 0.134 e. The van der Waals surface area contributed by atoms with Gasteiger partial charge < -0.3 is 15.0 Å². The molecule has 0 saturated carbocycles. The molecule has 13 rings (SSSR count). The molecule has 9 aromatic rings. The van der Waals surface area contributed by atoms with Gasteiger partial charge in [-0.25, -0.2) is 4.98 Å². The SMILES string of the molecule is C1=CC2C(Oc3ccccc3C23c2ccccc2-c2ccccc23)c2c(-c3ccc(-c4ccc(C5=CC(c6ccc[nH]6)NC(c6ccccn6)=C5)cc4)cc3)nc3ccccc3c21. The van der Waals surface area contributed by atoms with E-state index in [4.69, 9.17) is 9.72 Å². The third kappa shape index (κ3) is 5.42. The van der Waals surface area contributed by atoms with Crippen LogP contribution in [0.25, 0.3) is 61.8 Å². The maximum absolute atomic E-state index is 7.29. The van der Waals surface area contributed by atoms with Crippen LogP contribution in [0.1, 0.15) is 56.9 Å². The summed E-state index contributed by atoms with van der Waals surface area (Å²) in [6.45, 7) is 0. The van der Waals surface area contributed by atoms with Crippen LogP contribution in [0.3, 0.4) is 0 Å². The number of hydrogen-bond donors (Lipinski definition) is 2. The third-order valence-corrected chi connectivity index (χ3v) is 13.7. The Hall–Kier alpha value is -8.02. The van der Waals surface area contributed by atoms with E-state index < -0.39 is 5.41 Å². The maximum atomic E-state index is 7.29. The zero-order valence-corrected chi connectivity index (χ0v) is 34.2. The van der Waals surface area contributed by atoms with E-state index in [9.17, 15) is 0 Å². The topological polar surface area (TPSA) is 62.8 Å². The van der Waals surface area contributed by atoms with Crippen molar-refractivity contribution in [2.24, 2.45) is 5.92 Å². The molecule has 0 fully saturated rings. The number of fused-ring (bicyclic) bond motifs is 13. The highest BCUT2D eigenvalue weighted by Gasteiger charge is 2.57. The van der Waals surface area contributed by atoms with Crippen LogP contribution in [-0.2, 0) is 5.41 Å². The van der Waals surface area contributed by atoms with Crippen LogP contribution in [0.5, 0.6) is 5.75 Å². The van der Waals surface area contributed by atoms with E-state index in [-0.39, 0.29) is 18.1 Å². The average Bonchev–Trinajstić information content (AvgIpc) is 4.01. The van der Waals surface area contributed by atoms with Gasteiger partial charge in [0.1, 0.15) is 11.9 Å². The summed E-state index contributed by atoms with van der Waals surface area (Å²) in [5.74, 6) is 0.903. The molecule has 298 valence electrons. The first kappa shape index (κ1) is 35.7. The Morgan fingerprint density at radius 2 is 1.25 bits per heavy atom. The van der Waals surface area contributed by atoms with Crippen molar-refractivity contribution in [2.75, 3.05) is 0 Å². The van der Waals surface area contributed by atoms with E-state index in [0.717, 1.165) is 72.8 Å². The number of nitrogens with one attached hydrogen (secondary N) is 2. The fourth-order valence-corrected chi connectivity index (χ4v) is 10.9. The summed E-state index contributed by atoms with van der Waals surface area (Å²) in [6.07, 6.45) is 12.8. The van der Waals surface area contributed by atoms with Gasteiger partial charge in [0.25, 0.3) is 0 Å². The van der Waals surface area contributed by atoms with Gasteiger partial charge in [-0.2, -0.15) is 0 Å². The minimum absolute atomic E-state index is 0.00599. The number of aromatic nitrogens is 3. The Bertz CT molecular complexity index is 3300. The quantitative estimate of drug-likeness (QED) is 0.182. The molecule has 2 N–H and O–H groups in total. The molecule has 0 amide bonds. The number of aromatic amines is 1. The van der Waals surface area contributed by atoms with Gasteiger partial charge >= 0.3 is 0 Å². The molecular formula is C58H40N4O. The number of ether oxygens (including phenoxy) is 1. The summed E-state index contributed by atoms with van der Waals surface area (Å²) in [4.78, 5) is 13.5. The molecule has 0 bridgehead atoms. The summed E-state index contributed by atoms with van der Waals surface area (Å²) in [5, 5.41) is 4.81. The number of H-pyrrole nitrogens is 1. The van der Waals surface area contributed by atoms with Crippen molar-refractivity contribution in [3.63, 3.8) is 0 Å². The molecule has 2 aliphatic heterocycles. The van der Waals surface area contributed by atoms with Gasteiger partial charge in [-0.05, 0) is 98.6 Å². The lowest BCUT2D eigenvalue weighted by Gasteiger charge is -2.49. The van der Waals surface area contributed by atoms with E-state index >= 15 is 0 Å².